The summed E-state index contributed by atoms with van der Waals surface area (Å²) < 4.78 is 5.93. The van der Waals surface area contributed by atoms with Gasteiger partial charge >= 0.3 is 5.97 Å². The third-order valence-corrected chi connectivity index (χ3v) is 8.91. The molecule has 0 aromatic heterocycles. The Hall–Kier alpha value is -2.49. The number of aromatic hydroxyl groups is 2. The zero-order chi connectivity index (χ0) is 30.1. The van der Waals surface area contributed by atoms with Crippen molar-refractivity contribution in [1.82, 2.24) is 0 Å². The van der Waals surface area contributed by atoms with Gasteiger partial charge in [0, 0.05) is 11.8 Å². The maximum atomic E-state index is 13.1. The van der Waals surface area contributed by atoms with Gasteiger partial charge < -0.3 is 14.9 Å². The second-order valence-electron chi connectivity index (χ2n) is 12.5. The summed E-state index contributed by atoms with van der Waals surface area (Å²) in [5.74, 6) is 0.832. The molecule has 0 radical (unpaired) electrons. The number of phenols is 2. The van der Waals surface area contributed by atoms with Crippen LogP contribution in [0.2, 0.25) is 0 Å². The molecule has 0 bridgehead atoms. The molecule has 0 fully saturated rings. The van der Waals surface area contributed by atoms with Crippen LogP contribution in [0.25, 0.3) is 0 Å². The molecule has 2 rings (SSSR count). The fourth-order valence-electron chi connectivity index (χ4n) is 5.83. The van der Waals surface area contributed by atoms with E-state index in [9.17, 15) is 15.0 Å². The molecule has 2 aromatic rings. The Bertz CT molecular complexity index is 976. The van der Waals surface area contributed by atoms with Gasteiger partial charge in [-0.2, -0.15) is 0 Å². The van der Waals surface area contributed by atoms with Crippen molar-refractivity contribution >= 4 is 5.97 Å². The number of phenolic OH excluding ortho intramolecular Hbond substituents is 2. The van der Waals surface area contributed by atoms with E-state index >= 15 is 0 Å². The fourth-order valence-corrected chi connectivity index (χ4v) is 5.83. The maximum Gasteiger partial charge on any atom is 0.305 e. The highest BCUT2D eigenvalue weighted by molar-refractivity contribution is 5.69. The summed E-state index contributed by atoms with van der Waals surface area (Å²) in [6, 6.07) is 11.3. The number of esters is 1. The Morgan fingerprint density at radius 1 is 0.732 bits per heavy atom. The molecule has 0 aliphatic rings. The lowest BCUT2D eigenvalue weighted by molar-refractivity contribution is -0.145. The third-order valence-electron chi connectivity index (χ3n) is 8.91. The van der Waals surface area contributed by atoms with Crippen LogP contribution in [0.3, 0.4) is 0 Å². The molecule has 2 aromatic carbocycles. The minimum atomic E-state index is -0.466. The molecule has 0 heterocycles. The summed E-state index contributed by atoms with van der Waals surface area (Å²) in [4.78, 5) is 13.1. The molecule has 4 nitrogen and oxygen atoms in total. The van der Waals surface area contributed by atoms with Gasteiger partial charge in [0.2, 0.25) is 0 Å². The third kappa shape index (κ3) is 12.1. The van der Waals surface area contributed by atoms with Crippen LogP contribution in [0.4, 0.5) is 0 Å². The zero-order valence-corrected chi connectivity index (χ0v) is 26.8. The van der Waals surface area contributed by atoms with Crippen molar-refractivity contribution in [1.29, 1.82) is 0 Å². The highest BCUT2D eigenvalue weighted by Crippen LogP contribution is 2.39. The zero-order valence-electron chi connectivity index (χ0n) is 26.8. The van der Waals surface area contributed by atoms with E-state index < -0.39 is 5.41 Å². The number of benzene rings is 2. The van der Waals surface area contributed by atoms with Crippen LogP contribution in [-0.4, -0.2) is 22.8 Å². The first kappa shape index (κ1) is 34.7. The van der Waals surface area contributed by atoms with E-state index in [0.717, 1.165) is 35.1 Å². The first-order valence-corrected chi connectivity index (χ1v) is 16.5. The lowest BCUT2D eigenvalue weighted by Gasteiger charge is -2.32. The van der Waals surface area contributed by atoms with Gasteiger partial charge in [-0.3, -0.25) is 4.79 Å². The first-order valence-electron chi connectivity index (χ1n) is 16.5. The van der Waals surface area contributed by atoms with E-state index in [1.54, 1.807) is 12.1 Å². The van der Waals surface area contributed by atoms with Crippen LogP contribution in [0.1, 0.15) is 146 Å². The van der Waals surface area contributed by atoms with Crippen LogP contribution in [0, 0.1) is 19.8 Å². The number of hydrogen-bond donors (Lipinski definition) is 2. The number of hydrogen-bond acceptors (Lipinski definition) is 4. The molecule has 1 unspecified atom stereocenters. The second-order valence-corrected chi connectivity index (χ2v) is 12.5. The lowest BCUT2D eigenvalue weighted by atomic mass is 9.72. The molecule has 1 atom stereocenters. The van der Waals surface area contributed by atoms with Gasteiger partial charge in [0.25, 0.3) is 0 Å². The molecule has 0 aliphatic heterocycles. The molecule has 0 spiro atoms. The van der Waals surface area contributed by atoms with E-state index in [-0.39, 0.29) is 17.5 Å². The highest BCUT2D eigenvalue weighted by Gasteiger charge is 2.31. The van der Waals surface area contributed by atoms with E-state index in [1.165, 1.54) is 77.0 Å². The minimum absolute atomic E-state index is 0.141. The van der Waals surface area contributed by atoms with Gasteiger partial charge in [-0.15, -0.1) is 0 Å². The Labute approximate surface area is 250 Å². The second kappa shape index (κ2) is 18.8. The predicted octanol–water partition coefficient (Wildman–Crippen LogP) is 10.5. The van der Waals surface area contributed by atoms with Crippen LogP contribution < -0.4 is 0 Å². The van der Waals surface area contributed by atoms with Crippen molar-refractivity contribution in [3.63, 3.8) is 0 Å². The van der Waals surface area contributed by atoms with Crippen molar-refractivity contribution in [3.8, 4) is 11.5 Å². The number of rotatable bonds is 21. The van der Waals surface area contributed by atoms with Crippen LogP contribution in [0.5, 0.6) is 11.5 Å². The van der Waals surface area contributed by atoms with Crippen molar-refractivity contribution < 1.29 is 19.7 Å². The Morgan fingerprint density at radius 2 is 1.17 bits per heavy atom. The van der Waals surface area contributed by atoms with E-state index in [1.807, 2.05) is 38.1 Å². The molecule has 41 heavy (non-hydrogen) atoms. The fraction of sp³-hybridized carbons (Fsp3) is 0.649. The topological polar surface area (TPSA) is 66.8 Å². The summed E-state index contributed by atoms with van der Waals surface area (Å²) in [6.45, 7) is 11.0. The van der Waals surface area contributed by atoms with E-state index in [2.05, 4.69) is 20.8 Å². The monoisotopic (exact) mass is 566 g/mol. The molecule has 230 valence electrons. The maximum absolute atomic E-state index is 13.1. The quantitative estimate of drug-likeness (QED) is 0.116. The van der Waals surface area contributed by atoms with Crippen molar-refractivity contribution in [2.24, 2.45) is 5.92 Å². The van der Waals surface area contributed by atoms with Gasteiger partial charge in [-0.1, -0.05) is 122 Å². The molecule has 0 aliphatic carbocycles. The Balaban J connectivity index is 2.01. The number of ether oxygens (including phenoxy) is 1. The van der Waals surface area contributed by atoms with Gasteiger partial charge in [-0.25, -0.2) is 0 Å². The van der Waals surface area contributed by atoms with Crippen molar-refractivity contribution in [2.75, 3.05) is 6.61 Å². The molecular formula is C37H58O4. The SMILES string of the molecule is CCCCCCCCCC(CCCCCCC)COC(=O)CCC(C)(c1ccc(O)c(C)c1)c1ccc(O)c(C)c1. The molecule has 2 N–H and O–H groups in total. The van der Waals surface area contributed by atoms with Crippen molar-refractivity contribution in [3.05, 3.63) is 58.7 Å². The Morgan fingerprint density at radius 3 is 1.61 bits per heavy atom. The number of carbonyl (C=O) groups excluding carboxylic acids is 1. The lowest BCUT2D eigenvalue weighted by Crippen LogP contribution is -2.26. The minimum Gasteiger partial charge on any atom is -0.508 e. The van der Waals surface area contributed by atoms with Crippen LogP contribution >= 0.6 is 0 Å². The van der Waals surface area contributed by atoms with Gasteiger partial charge in [-0.05, 0) is 73.4 Å². The summed E-state index contributed by atoms with van der Waals surface area (Å²) in [6.07, 6.45) is 18.7. The van der Waals surface area contributed by atoms with Crippen molar-refractivity contribution in [2.45, 2.75) is 143 Å². The predicted molar refractivity (Wildman–Crippen MR) is 172 cm³/mol. The number of carbonyl (C=O) groups is 1. The average Bonchev–Trinajstić information content (AvgIpc) is 2.96. The smallest absolute Gasteiger partial charge is 0.305 e. The summed E-state index contributed by atoms with van der Waals surface area (Å²) in [7, 11) is 0. The summed E-state index contributed by atoms with van der Waals surface area (Å²) >= 11 is 0. The van der Waals surface area contributed by atoms with Gasteiger partial charge in [0.15, 0.2) is 0 Å². The average molecular weight is 567 g/mol. The standard InChI is InChI=1S/C37H58O4/c1-6-8-10-12-13-15-17-19-31(18-16-14-11-9-7-2)28-41-36(40)24-25-37(5,32-20-22-34(38)29(3)26-32)33-21-23-35(39)30(4)27-33/h20-23,26-27,31,38-39H,6-19,24-25,28H2,1-5H3. The van der Waals surface area contributed by atoms with Crippen LogP contribution in [0.15, 0.2) is 36.4 Å². The molecule has 0 saturated heterocycles. The number of unbranched alkanes of at least 4 members (excludes halogenated alkanes) is 10. The first-order chi connectivity index (χ1) is 19.7. The largest absolute Gasteiger partial charge is 0.508 e. The molecule has 0 saturated carbocycles. The van der Waals surface area contributed by atoms with E-state index in [4.69, 9.17) is 4.74 Å². The van der Waals surface area contributed by atoms with Gasteiger partial charge in [0.05, 0.1) is 6.61 Å². The normalized spacial score (nSPS) is 12.4. The van der Waals surface area contributed by atoms with Crippen LogP contribution in [-0.2, 0) is 14.9 Å². The summed E-state index contributed by atoms with van der Waals surface area (Å²) in [5.41, 5.74) is 3.22. The highest BCUT2D eigenvalue weighted by atomic mass is 16.5. The van der Waals surface area contributed by atoms with E-state index in [0.29, 0.717) is 25.4 Å². The molecular weight excluding hydrogens is 508 g/mol. The Kier molecular flexibility index (Phi) is 16.0. The number of aryl methyl sites for hydroxylation is 2. The molecule has 0 amide bonds. The van der Waals surface area contributed by atoms with Gasteiger partial charge in [0.1, 0.15) is 11.5 Å². The summed E-state index contributed by atoms with van der Waals surface area (Å²) in [5, 5.41) is 20.2. The molecule has 4 heteroatoms.